The first kappa shape index (κ1) is 34.9. The summed E-state index contributed by atoms with van der Waals surface area (Å²) in [6.45, 7) is 10.4. The van der Waals surface area contributed by atoms with E-state index >= 15 is 0 Å². The molecule has 0 saturated carbocycles. The summed E-state index contributed by atoms with van der Waals surface area (Å²) in [5.41, 5.74) is 0.646. The minimum atomic E-state index is -0.767. The molecule has 0 aliphatic heterocycles. The maximum atomic E-state index is 12.6. The van der Waals surface area contributed by atoms with Crippen LogP contribution >= 0.6 is 0 Å². The lowest BCUT2D eigenvalue weighted by Gasteiger charge is -2.18. The second kappa shape index (κ2) is 19.8. The van der Waals surface area contributed by atoms with Crippen LogP contribution in [-0.4, -0.2) is 57.0 Å². The lowest BCUT2D eigenvalue weighted by Crippen LogP contribution is -2.41. The summed E-state index contributed by atoms with van der Waals surface area (Å²) in [5, 5.41) is 3.02. The normalized spacial score (nSPS) is 13.1. The van der Waals surface area contributed by atoms with Gasteiger partial charge in [-0.3, -0.25) is 14.4 Å². The Morgan fingerprint density at radius 3 is 2.00 bits per heavy atom. The molecule has 1 aromatic carbocycles. The minimum Gasteiger partial charge on any atom is -0.468 e. The molecule has 10 heteroatoms. The first-order valence-corrected chi connectivity index (χ1v) is 14.3. The number of hydrogen-bond donors (Lipinski definition) is 1. The van der Waals surface area contributed by atoms with Crippen molar-refractivity contribution in [1.29, 1.82) is 0 Å². The van der Waals surface area contributed by atoms with Gasteiger partial charge in [-0.25, -0.2) is 4.79 Å². The maximum absolute atomic E-state index is 12.6. The van der Waals surface area contributed by atoms with Crippen molar-refractivity contribution < 1.29 is 42.9 Å². The highest BCUT2D eigenvalue weighted by molar-refractivity contribution is 5.77. The lowest BCUT2D eigenvalue weighted by molar-refractivity contribution is -0.143. The quantitative estimate of drug-likeness (QED) is 0.133. The topological polar surface area (TPSA) is 126 Å². The van der Waals surface area contributed by atoms with Gasteiger partial charge in [0.1, 0.15) is 12.6 Å². The molecule has 0 aliphatic carbocycles. The highest BCUT2D eigenvalue weighted by Gasteiger charge is 2.22. The molecular weight excluding hydrogens is 518 g/mol. The number of nitrogens with one attached hydrogen (secondary N) is 1. The predicted molar refractivity (Wildman–Crippen MR) is 150 cm³/mol. The van der Waals surface area contributed by atoms with Gasteiger partial charge in [0.2, 0.25) is 0 Å². The Balaban J connectivity index is 2.92. The number of methoxy groups -OCH3 is 1. The summed E-state index contributed by atoms with van der Waals surface area (Å²) in [7, 11) is 1.28. The summed E-state index contributed by atoms with van der Waals surface area (Å²) in [6, 6.07) is 4.07. The molecule has 0 aromatic heterocycles. The summed E-state index contributed by atoms with van der Waals surface area (Å²) >= 11 is 0. The molecule has 0 fully saturated rings. The molecule has 0 radical (unpaired) electrons. The van der Waals surface area contributed by atoms with Gasteiger partial charge in [-0.1, -0.05) is 66.4 Å². The third-order valence-corrected chi connectivity index (χ3v) is 6.49. The van der Waals surface area contributed by atoms with E-state index < -0.39 is 30.1 Å². The largest absolute Gasteiger partial charge is 0.508 e. The Morgan fingerprint density at radius 2 is 1.43 bits per heavy atom. The molecular formula is C30H47NO9. The van der Waals surface area contributed by atoms with Crippen LogP contribution in [-0.2, 0) is 35.0 Å². The molecule has 2 unspecified atom stereocenters. The molecule has 10 nitrogen and oxygen atoms in total. The van der Waals surface area contributed by atoms with Crippen molar-refractivity contribution in [3.05, 3.63) is 23.8 Å². The number of carbonyl (C=O) groups is 4. The van der Waals surface area contributed by atoms with E-state index in [4.69, 9.17) is 23.7 Å². The van der Waals surface area contributed by atoms with E-state index in [1.807, 2.05) is 27.7 Å². The van der Waals surface area contributed by atoms with Crippen LogP contribution in [0.15, 0.2) is 18.2 Å². The molecule has 1 aromatic rings. The van der Waals surface area contributed by atoms with Crippen molar-refractivity contribution in [2.45, 2.75) is 92.0 Å². The number of hydrogen-bond acceptors (Lipinski definition) is 10. The Labute approximate surface area is 238 Å². The second-order valence-electron chi connectivity index (χ2n) is 10.1. The monoisotopic (exact) mass is 565 g/mol. The van der Waals surface area contributed by atoms with E-state index in [1.165, 1.54) is 7.11 Å². The van der Waals surface area contributed by atoms with Crippen LogP contribution in [0.5, 0.6) is 11.5 Å². The fraction of sp³-hybridized carbons (Fsp3) is 0.667. The molecule has 1 rings (SSSR count). The molecule has 0 heterocycles. The average molecular weight is 566 g/mol. The van der Waals surface area contributed by atoms with Gasteiger partial charge in [-0.05, 0) is 42.4 Å². The van der Waals surface area contributed by atoms with Crippen molar-refractivity contribution in [3.63, 3.8) is 0 Å². The van der Waals surface area contributed by atoms with E-state index in [1.54, 1.807) is 18.2 Å². The number of rotatable bonds is 19. The molecule has 0 spiro atoms. The van der Waals surface area contributed by atoms with Gasteiger partial charge in [0.25, 0.3) is 0 Å². The molecule has 0 aliphatic rings. The van der Waals surface area contributed by atoms with Gasteiger partial charge in [-0.2, -0.15) is 0 Å². The smallest absolute Gasteiger partial charge is 0.468 e. The fourth-order valence-electron chi connectivity index (χ4n) is 3.56. The number of esters is 3. The maximum Gasteiger partial charge on any atom is 0.508 e. The number of benzene rings is 1. The summed E-state index contributed by atoms with van der Waals surface area (Å²) < 4.78 is 26.1. The zero-order valence-corrected chi connectivity index (χ0v) is 24.9. The van der Waals surface area contributed by atoms with Crippen molar-refractivity contribution in [2.75, 3.05) is 26.9 Å². The van der Waals surface area contributed by atoms with Crippen molar-refractivity contribution in [2.24, 2.45) is 11.8 Å². The number of unbranched alkanes of at least 4 members (excludes halogenated alkanes) is 2. The van der Waals surface area contributed by atoms with E-state index in [9.17, 15) is 19.2 Å². The molecule has 0 saturated heterocycles. The summed E-state index contributed by atoms with van der Waals surface area (Å²) in [6.07, 6.45) is 4.30. The van der Waals surface area contributed by atoms with E-state index in [2.05, 4.69) is 12.2 Å². The fourth-order valence-corrected chi connectivity index (χ4v) is 3.56. The van der Waals surface area contributed by atoms with Gasteiger partial charge in [-0.15, -0.1) is 0 Å². The standard InChI is InChI=1S/C30H47NO9/c1-7-10-11-15-37-30(35)38-16-14-31-24(29(34)36-6)19-23-12-13-25(39-27(32)17-21(4)8-2)26(20-23)40-28(33)18-22(5)9-3/h12-13,20-22,24,31H,7-11,14-19H2,1-6H3/t21?,22?,24-/m0/s1. The Morgan fingerprint density at radius 1 is 0.825 bits per heavy atom. The van der Waals surface area contributed by atoms with Crippen LogP contribution in [0.3, 0.4) is 0 Å². The zero-order valence-electron chi connectivity index (χ0n) is 24.9. The SMILES string of the molecule is CCCCCOC(=O)OCCN[C@@H](Cc1ccc(OC(=O)CC(C)CC)c(OC(=O)CC(C)CC)c1)C(=O)OC. The Hall–Kier alpha value is -3.14. The lowest BCUT2D eigenvalue weighted by atomic mass is 10.0. The zero-order chi connectivity index (χ0) is 29.9. The molecule has 1 N–H and O–H groups in total. The average Bonchev–Trinajstić information content (AvgIpc) is 2.93. The van der Waals surface area contributed by atoms with Gasteiger partial charge in [0, 0.05) is 19.4 Å². The van der Waals surface area contributed by atoms with E-state index in [-0.39, 0.29) is 55.7 Å². The van der Waals surface area contributed by atoms with Crippen LogP contribution in [0, 0.1) is 11.8 Å². The minimum absolute atomic E-state index is 0.00362. The van der Waals surface area contributed by atoms with Crippen LogP contribution < -0.4 is 14.8 Å². The van der Waals surface area contributed by atoms with Crippen LogP contribution in [0.1, 0.15) is 85.1 Å². The third-order valence-electron chi connectivity index (χ3n) is 6.49. The molecule has 3 atom stereocenters. The van der Waals surface area contributed by atoms with E-state index in [0.29, 0.717) is 12.2 Å². The van der Waals surface area contributed by atoms with Gasteiger partial charge in [0.05, 0.1) is 13.7 Å². The van der Waals surface area contributed by atoms with Crippen molar-refractivity contribution in [1.82, 2.24) is 5.32 Å². The number of ether oxygens (including phenoxy) is 5. The predicted octanol–water partition coefficient (Wildman–Crippen LogP) is 5.39. The van der Waals surface area contributed by atoms with Crippen molar-refractivity contribution >= 4 is 24.1 Å². The highest BCUT2D eigenvalue weighted by atomic mass is 16.7. The van der Waals surface area contributed by atoms with Crippen molar-refractivity contribution in [3.8, 4) is 11.5 Å². The first-order chi connectivity index (χ1) is 19.1. The summed E-state index contributed by atoms with van der Waals surface area (Å²) in [5.74, 6) is -0.824. The van der Waals surface area contributed by atoms with Crippen LogP contribution in [0.2, 0.25) is 0 Å². The second-order valence-corrected chi connectivity index (χ2v) is 10.1. The summed E-state index contributed by atoms with van der Waals surface area (Å²) in [4.78, 5) is 49.1. The van der Waals surface area contributed by atoms with Gasteiger partial charge < -0.3 is 29.0 Å². The molecule has 40 heavy (non-hydrogen) atoms. The molecule has 0 amide bonds. The van der Waals surface area contributed by atoms with Crippen LogP contribution in [0.25, 0.3) is 0 Å². The van der Waals surface area contributed by atoms with Gasteiger partial charge >= 0.3 is 24.1 Å². The molecule has 226 valence electrons. The highest BCUT2D eigenvalue weighted by Crippen LogP contribution is 2.31. The van der Waals surface area contributed by atoms with Gasteiger partial charge in [0.15, 0.2) is 11.5 Å². The third kappa shape index (κ3) is 14.3. The van der Waals surface area contributed by atoms with Crippen LogP contribution in [0.4, 0.5) is 4.79 Å². The first-order valence-electron chi connectivity index (χ1n) is 14.3. The Kier molecular flexibility index (Phi) is 17.3. The Bertz CT molecular complexity index is 934. The molecule has 0 bridgehead atoms. The van der Waals surface area contributed by atoms with E-state index in [0.717, 1.165) is 32.1 Å². The number of carbonyl (C=O) groups excluding carboxylic acids is 4.